The van der Waals surface area contributed by atoms with E-state index in [1.807, 2.05) is 0 Å². The van der Waals surface area contributed by atoms with Crippen molar-refractivity contribution in [1.29, 1.82) is 0 Å². The number of amides is 3. The molecule has 0 bridgehead atoms. The van der Waals surface area contributed by atoms with Crippen molar-refractivity contribution in [2.24, 2.45) is 13.0 Å². The molecule has 1 saturated heterocycles. The fourth-order valence-electron chi connectivity index (χ4n) is 3.61. The molecule has 1 atom stereocenters. The fourth-order valence-corrected chi connectivity index (χ4v) is 5.06. The summed E-state index contributed by atoms with van der Waals surface area (Å²) >= 11 is 0. The van der Waals surface area contributed by atoms with Crippen molar-refractivity contribution >= 4 is 33.7 Å². The van der Waals surface area contributed by atoms with E-state index in [0.717, 1.165) is 0 Å². The maximum atomic E-state index is 12.9. The number of benzene rings is 1. The van der Waals surface area contributed by atoms with Crippen LogP contribution in [0.15, 0.2) is 47.5 Å². The summed E-state index contributed by atoms with van der Waals surface area (Å²) in [7, 11) is -2.18. The Morgan fingerprint density at radius 1 is 1.05 bits per heavy atom. The third-order valence-corrected chi connectivity index (χ3v) is 7.58. The highest BCUT2D eigenvalue weighted by Crippen LogP contribution is 2.19. The third-order valence-electron chi connectivity index (χ3n) is 5.69. The zero-order chi connectivity index (χ0) is 27.2. The van der Waals surface area contributed by atoms with Crippen LogP contribution >= 0.6 is 0 Å². The van der Waals surface area contributed by atoms with Gasteiger partial charge >= 0.3 is 5.97 Å². The van der Waals surface area contributed by atoms with Crippen LogP contribution < -0.4 is 10.6 Å². The van der Waals surface area contributed by atoms with E-state index in [0.29, 0.717) is 0 Å². The Balaban J connectivity index is 1.62. The van der Waals surface area contributed by atoms with E-state index in [1.165, 1.54) is 39.2 Å². The molecular weight excluding hydrogens is 504 g/mol. The van der Waals surface area contributed by atoms with Crippen LogP contribution in [0, 0.1) is 5.92 Å². The lowest BCUT2D eigenvalue weighted by atomic mass is 10.0. The van der Waals surface area contributed by atoms with Gasteiger partial charge in [0.15, 0.2) is 6.61 Å². The molecule has 1 aromatic carbocycles. The van der Waals surface area contributed by atoms with Crippen LogP contribution in [0.25, 0.3) is 0 Å². The Morgan fingerprint density at radius 3 is 2.38 bits per heavy atom. The van der Waals surface area contributed by atoms with Gasteiger partial charge in [0.05, 0.1) is 18.1 Å². The van der Waals surface area contributed by atoms with Crippen molar-refractivity contribution in [3.05, 3.63) is 53.9 Å². The molecule has 2 aromatic rings. The summed E-state index contributed by atoms with van der Waals surface area (Å²) < 4.78 is 38.9. The average Bonchev–Trinajstić information content (AvgIpc) is 3.32. The highest BCUT2D eigenvalue weighted by atomic mass is 32.2. The molecule has 0 saturated carbocycles. The van der Waals surface area contributed by atoms with Crippen LogP contribution in [-0.2, 0) is 36.1 Å². The molecule has 1 fully saturated rings. The first kappa shape index (κ1) is 28.0. The SMILES string of the molecule is CC(C)[C@H](NC(=O)c1cccc(S(=O)(=O)N2CCOCC2)c1)C(=O)OCC(=O)NC(=O)c1cccn1C. The number of nitrogens with one attached hydrogen (secondary N) is 2. The number of hydrogen-bond donors (Lipinski definition) is 2. The monoisotopic (exact) mass is 534 g/mol. The van der Waals surface area contributed by atoms with Crippen molar-refractivity contribution in [1.82, 2.24) is 19.5 Å². The first-order chi connectivity index (χ1) is 17.5. The molecule has 0 unspecified atom stereocenters. The molecular formula is C24H30N4O8S. The van der Waals surface area contributed by atoms with Gasteiger partial charge in [0.1, 0.15) is 11.7 Å². The van der Waals surface area contributed by atoms with Crippen LogP contribution in [0.1, 0.15) is 34.7 Å². The van der Waals surface area contributed by atoms with E-state index in [4.69, 9.17) is 9.47 Å². The van der Waals surface area contributed by atoms with Crippen molar-refractivity contribution in [2.75, 3.05) is 32.9 Å². The zero-order valence-corrected chi connectivity index (χ0v) is 21.6. The number of aryl methyl sites for hydroxylation is 1. The second kappa shape index (κ2) is 12.1. The number of aromatic nitrogens is 1. The molecule has 1 aliphatic heterocycles. The Kier molecular flexibility index (Phi) is 9.18. The van der Waals surface area contributed by atoms with Crippen LogP contribution in [0.2, 0.25) is 0 Å². The topological polar surface area (TPSA) is 153 Å². The summed E-state index contributed by atoms with van der Waals surface area (Å²) in [4.78, 5) is 49.7. The summed E-state index contributed by atoms with van der Waals surface area (Å²) in [6.45, 7) is 3.62. The van der Waals surface area contributed by atoms with E-state index >= 15 is 0 Å². The van der Waals surface area contributed by atoms with Crippen molar-refractivity contribution < 1.29 is 37.1 Å². The Labute approximate surface area is 215 Å². The molecule has 12 nitrogen and oxygen atoms in total. The minimum Gasteiger partial charge on any atom is -0.454 e. The third kappa shape index (κ3) is 7.02. The first-order valence-corrected chi connectivity index (χ1v) is 13.1. The molecule has 1 aromatic heterocycles. The summed E-state index contributed by atoms with van der Waals surface area (Å²) in [5, 5.41) is 4.67. The first-order valence-electron chi connectivity index (χ1n) is 11.6. The molecule has 0 radical (unpaired) electrons. The molecule has 2 N–H and O–H groups in total. The number of nitrogens with zero attached hydrogens (tertiary/aromatic N) is 2. The van der Waals surface area contributed by atoms with Crippen molar-refractivity contribution in [3.8, 4) is 0 Å². The number of carbonyl (C=O) groups is 4. The molecule has 2 heterocycles. The number of morpholine rings is 1. The number of imide groups is 1. The lowest BCUT2D eigenvalue weighted by Crippen LogP contribution is -2.46. The van der Waals surface area contributed by atoms with E-state index < -0.39 is 52.3 Å². The summed E-state index contributed by atoms with van der Waals surface area (Å²) in [5.74, 6) is -3.44. The highest BCUT2D eigenvalue weighted by Gasteiger charge is 2.29. The van der Waals surface area contributed by atoms with Gasteiger partial charge in [0, 0.05) is 31.9 Å². The van der Waals surface area contributed by atoms with Crippen LogP contribution in [0.5, 0.6) is 0 Å². The smallest absolute Gasteiger partial charge is 0.329 e. The van der Waals surface area contributed by atoms with Gasteiger partial charge in [-0.1, -0.05) is 19.9 Å². The van der Waals surface area contributed by atoms with Crippen molar-refractivity contribution in [2.45, 2.75) is 24.8 Å². The summed E-state index contributed by atoms with van der Waals surface area (Å²) in [6.07, 6.45) is 1.64. The standard InChI is InChI=1S/C24H30N4O8S/c1-16(2)21(24(32)36-15-20(29)25-23(31)19-8-5-9-27(19)3)26-22(30)17-6-4-7-18(14-17)37(33,34)28-10-12-35-13-11-28/h4-9,14,16,21H,10-13,15H2,1-3H3,(H,26,30)(H,25,29,31)/t21-/m0/s1. The zero-order valence-electron chi connectivity index (χ0n) is 20.8. The second-order valence-electron chi connectivity index (χ2n) is 8.73. The Morgan fingerprint density at radius 2 is 1.76 bits per heavy atom. The largest absolute Gasteiger partial charge is 0.454 e. The molecule has 1 aliphatic rings. The van der Waals surface area contributed by atoms with Crippen molar-refractivity contribution in [3.63, 3.8) is 0 Å². The number of carbonyl (C=O) groups excluding carboxylic acids is 4. The summed E-state index contributed by atoms with van der Waals surface area (Å²) in [5.41, 5.74) is 0.295. The van der Waals surface area contributed by atoms with Crippen LogP contribution in [-0.4, -0.2) is 79.9 Å². The number of esters is 1. The minimum atomic E-state index is -3.82. The molecule has 0 aliphatic carbocycles. The van der Waals surface area contributed by atoms with Gasteiger partial charge in [0.25, 0.3) is 17.7 Å². The Hall–Kier alpha value is -3.55. The highest BCUT2D eigenvalue weighted by molar-refractivity contribution is 7.89. The normalized spacial score (nSPS) is 15.1. The number of ether oxygens (including phenoxy) is 2. The van der Waals surface area contributed by atoms with Crippen LogP contribution in [0.3, 0.4) is 0 Å². The van der Waals surface area contributed by atoms with Gasteiger partial charge in [-0.05, 0) is 36.2 Å². The van der Waals surface area contributed by atoms with E-state index in [-0.39, 0.29) is 42.5 Å². The van der Waals surface area contributed by atoms with E-state index in [9.17, 15) is 27.6 Å². The molecule has 3 rings (SSSR count). The fraction of sp³-hybridized carbons (Fsp3) is 0.417. The predicted octanol–water partition coefficient (Wildman–Crippen LogP) is 0.300. The Bertz CT molecular complexity index is 1270. The maximum absolute atomic E-state index is 12.9. The number of sulfonamides is 1. The average molecular weight is 535 g/mol. The van der Waals surface area contributed by atoms with Gasteiger partial charge in [0.2, 0.25) is 10.0 Å². The predicted molar refractivity (Wildman–Crippen MR) is 131 cm³/mol. The summed E-state index contributed by atoms with van der Waals surface area (Å²) in [6, 6.07) is 7.56. The van der Waals surface area contributed by atoms with E-state index in [1.54, 1.807) is 33.2 Å². The lowest BCUT2D eigenvalue weighted by Gasteiger charge is -2.26. The van der Waals surface area contributed by atoms with E-state index in [2.05, 4.69) is 10.6 Å². The quantitative estimate of drug-likeness (QED) is 0.436. The van der Waals surface area contributed by atoms with Gasteiger partial charge in [-0.25, -0.2) is 13.2 Å². The molecule has 200 valence electrons. The molecule has 13 heteroatoms. The minimum absolute atomic E-state index is 0.0405. The molecule has 37 heavy (non-hydrogen) atoms. The second-order valence-corrected chi connectivity index (χ2v) is 10.7. The van der Waals surface area contributed by atoms with Gasteiger partial charge in [-0.2, -0.15) is 4.31 Å². The molecule has 3 amide bonds. The number of rotatable bonds is 9. The lowest BCUT2D eigenvalue weighted by molar-refractivity contribution is -0.151. The van der Waals surface area contributed by atoms with Gasteiger partial charge < -0.3 is 19.4 Å². The number of hydrogen-bond acceptors (Lipinski definition) is 8. The van der Waals surface area contributed by atoms with Gasteiger partial charge in [-0.15, -0.1) is 0 Å². The van der Waals surface area contributed by atoms with Crippen LogP contribution in [0.4, 0.5) is 0 Å². The maximum Gasteiger partial charge on any atom is 0.329 e. The molecule has 0 spiro atoms. The van der Waals surface area contributed by atoms with Gasteiger partial charge in [-0.3, -0.25) is 19.7 Å².